The number of sulfonamides is 1. The van der Waals surface area contributed by atoms with E-state index in [4.69, 9.17) is 0 Å². The van der Waals surface area contributed by atoms with Crippen LogP contribution < -0.4 is 10.0 Å². The first-order chi connectivity index (χ1) is 9.52. The van der Waals surface area contributed by atoms with Gasteiger partial charge in [-0.3, -0.25) is 9.71 Å². The van der Waals surface area contributed by atoms with E-state index in [1.54, 1.807) is 13.1 Å². The zero-order chi connectivity index (χ0) is 14.6. The van der Waals surface area contributed by atoms with E-state index < -0.39 is 10.0 Å². The Labute approximate surface area is 119 Å². The largest absolute Gasteiger partial charge is 0.320 e. The summed E-state index contributed by atoms with van der Waals surface area (Å²) >= 11 is 0. The highest BCUT2D eigenvalue weighted by molar-refractivity contribution is 7.92. The van der Waals surface area contributed by atoms with Gasteiger partial charge in [-0.25, -0.2) is 8.42 Å². The van der Waals surface area contributed by atoms with E-state index >= 15 is 0 Å². The maximum Gasteiger partial charge on any atom is 0.232 e. The highest BCUT2D eigenvalue weighted by Crippen LogP contribution is 2.22. The van der Waals surface area contributed by atoms with Gasteiger partial charge in [0.05, 0.1) is 17.0 Å². The van der Waals surface area contributed by atoms with Gasteiger partial charge < -0.3 is 5.32 Å². The van der Waals surface area contributed by atoms with Crippen LogP contribution in [0.5, 0.6) is 0 Å². The number of nitrogens with one attached hydrogen (secondary N) is 2. The minimum absolute atomic E-state index is 0.0933. The third-order valence-corrected chi connectivity index (χ3v) is 4.32. The number of fused-ring (bicyclic) bond motifs is 1. The molecule has 0 spiro atoms. The van der Waals surface area contributed by atoms with E-state index in [0.29, 0.717) is 24.2 Å². The monoisotopic (exact) mass is 293 g/mol. The van der Waals surface area contributed by atoms with Crippen molar-refractivity contribution < 1.29 is 8.42 Å². The molecule has 1 aromatic heterocycles. The molecule has 20 heavy (non-hydrogen) atoms. The van der Waals surface area contributed by atoms with E-state index in [0.717, 1.165) is 11.1 Å². The highest BCUT2D eigenvalue weighted by Gasteiger charge is 2.12. The molecule has 1 aromatic carbocycles. The van der Waals surface area contributed by atoms with Crippen LogP contribution in [0.3, 0.4) is 0 Å². The SMILES string of the molecule is CNCCCS(=O)(=O)Nc1cccc2ccc(C)nc12. The van der Waals surface area contributed by atoms with Crippen LogP contribution in [0, 0.1) is 6.92 Å². The number of benzene rings is 1. The highest BCUT2D eigenvalue weighted by atomic mass is 32.2. The van der Waals surface area contributed by atoms with Crippen molar-refractivity contribution in [3.8, 4) is 0 Å². The first-order valence-corrected chi connectivity index (χ1v) is 8.18. The lowest BCUT2D eigenvalue weighted by atomic mass is 10.2. The smallest absolute Gasteiger partial charge is 0.232 e. The summed E-state index contributed by atoms with van der Waals surface area (Å²) in [6.45, 7) is 2.56. The molecule has 0 saturated carbocycles. The second kappa shape index (κ2) is 6.19. The Bertz CT molecular complexity index is 699. The van der Waals surface area contributed by atoms with Crippen molar-refractivity contribution in [3.05, 3.63) is 36.0 Å². The van der Waals surface area contributed by atoms with Crippen LogP contribution in [-0.4, -0.2) is 32.7 Å². The normalized spacial score (nSPS) is 11.7. The average Bonchev–Trinajstić information content (AvgIpc) is 2.39. The minimum Gasteiger partial charge on any atom is -0.320 e. The predicted molar refractivity (Wildman–Crippen MR) is 82.4 cm³/mol. The predicted octanol–water partition coefficient (Wildman–Crippen LogP) is 1.89. The molecule has 5 nitrogen and oxygen atoms in total. The van der Waals surface area contributed by atoms with E-state index in [1.807, 2.05) is 31.2 Å². The van der Waals surface area contributed by atoms with Crippen LogP contribution in [-0.2, 0) is 10.0 Å². The van der Waals surface area contributed by atoms with Crippen molar-refractivity contribution in [2.45, 2.75) is 13.3 Å². The van der Waals surface area contributed by atoms with Crippen LogP contribution >= 0.6 is 0 Å². The molecule has 2 aromatic rings. The molecule has 0 fully saturated rings. The standard InChI is InChI=1S/C14H19N3O2S/c1-11-7-8-12-5-3-6-13(14(12)16-11)17-20(18,19)10-4-9-15-2/h3,5-8,15,17H,4,9-10H2,1-2H3. The van der Waals surface area contributed by atoms with Crippen LogP contribution in [0.15, 0.2) is 30.3 Å². The molecule has 0 aliphatic heterocycles. The lowest BCUT2D eigenvalue weighted by Crippen LogP contribution is -2.20. The number of anilines is 1. The Morgan fingerprint density at radius 1 is 1.20 bits per heavy atom. The van der Waals surface area contributed by atoms with Gasteiger partial charge in [0.15, 0.2) is 0 Å². The number of pyridine rings is 1. The summed E-state index contributed by atoms with van der Waals surface area (Å²) in [7, 11) is -1.54. The zero-order valence-corrected chi connectivity index (χ0v) is 12.5. The van der Waals surface area contributed by atoms with E-state index in [2.05, 4.69) is 15.0 Å². The summed E-state index contributed by atoms with van der Waals surface area (Å²) in [6.07, 6.45) is 0.572. The van der Waals surface area contributed by atoms with Gasteiger partial charge in [-0.2, -0.15) is 0 Å². The topological polar surface area (TPSA) is 71.1 Å². The molecule has 108 valence electrons. The molecule has 0 unspecified atom stereocenters. The number of hydrogen-bond acceptors (Lipinski definition) is 4. The molecule has 0 aliphatic carbocycles. The van der Waals surface area contributed by atoms with Gasteiger partial charge in [0.25, 0.3) is 0 Å². The van der Waals surface area contributed by atoms with E-state index in [9.17, 15) is 8.42 Å². The van der Waals surface area contributed by atoms with Crippen LogP contribution in [0.4, 0.5) is 5.69 Å². The second-order valence-electron chi connectivity index (χ2n) is 4.71. The first kappa shape index (κ1) is 14.7. The molecule has 2 rings (SSSR count). The second-order valence-corrected chi connectivity index (χ2v) is 6.55. The summed E-state index contributed by atoms with van der Waals surface area (Å²) in [5, 5.41) is 3.86. The van der Waals surface area contributed by atoms with Crippen molar-refractivity contribution >= 4 is 26.6 Å². The number of aromatic nitrogens is 1. The van der Waals surface area contributed by atoms with E-state index in [1.165, 1.54) is 0 Å². The van der Waals surface area contributed by atoms with Gasteiger partial charge in [0, 0.05) is 11.1 Å². The van der Waals surface area contributed by atoms with Crippen molar-refractivity contribution in [2.75, 3.05) is 24.1 Å². The van der Waals surface area contributed by atoms with Crippen LogP contribution in [0.25, 0.3) is 10.9 Å². The summed E-state index contributed by atoms with van der Waals surface area (Å²) < 4.78 is 26.7. The molecular formula is C14H19N3O2S. The summed E-state index contributed by atoms with van der Waals surface area (Å²) in [6, 6.07) is 9.33. The molecule has 0 saturated heterocycles. The fraction of sp³-hybridized carbons (Fsp3) is 0.357. The molecule has 0 amide bonds. The average molecular weight is 293 g/mol. The van der Waals surface area contributed by atoms with Gasteiger partial charge in [-0.1, -0.05) is 18.2 Å². The van der Waals surface area contributed by atoms with Gasteiger partial charge in [0.2, 0.25) is 10.0 Å². The lowest BCUT2D eigenvalue weighted by molar-refractivity contribution is 0.597. The molecule has 1 heterocycles. The Balaban J connectivity index is 2.27. The summed E-state index contributed by atoms with van der Waals surface area (Å²) in [4.78, 5) is 4.42. The summed E-state index contributed by atoms with van der Waals surface area (Å²) in [5.41, 5.74) is 2.08. The van der Waals surface area contributed by atoms with Crippen LogP contribution in [0.1, 0.15) is 12.1 Å². The Morgan fingerprint density at radius 2 is 2.00 bits per heavy atom. The molecule has 0 radical (unpaired) electrons. The van der Waals surface area contributed by atoms with Gasteiger partial charge >= 0.3 is 0 Å². The number of hydrogen-bond donors (Lipinski definition) is 2. The lowest BCUT2D eigenvalue weighted by Gasteiger charge is -2.10. The maximum atomic E-state index is 12.0. The number of rotatable bonds is 6. The molecule has 0 bridgehead atoms. The minimum atomic E-state index is -3.34. The molecule has 0 atom stereocenters. The Hall–Kier alpha value is -1.66. The van der Waals surface area contributed by atoms with Crippen LogP contribution in [0.2, 0.25) is 0 Å². The van der Waals surface area contributed by atoms with Crippen molar-refractivity contribution in [2.24, 2.45) is 0 Å². The zero-order valence-electron chi connectivity index (χ0n) is 11.7. The van der Waals surface area contributed by atoms with Crippen molar-refractivity contribution in [1.82, 2.24) is 10.3 Å². The Kier molecular flexibility index (Phi) is 4.57. The number of para-hydroxylation sites is 1. The van der Waals surface area contributed by atoms with Crippen molar-refractivity contribution in [1.29, 1.82) is 0 Å². The first-order valence-electron chi connectivity index (χ1n) is 6.53. The quantitative estimate of drug-likeness (QED) is 0.798. The van der Waals surface area contributed by atoms with Gasteiger partial charge in [0.1, 0.15) is 0 Å². The Morgan fingerprint density at radius 3 is 2.75 bits per heavy atom. The molecule has 6 heteroatoms. The van der Waals surface area contributed by atoms with Crippen molar-refractivity contribution in [3.63, 3.8) is 0 Å². The summed E-state index contributed by atoms with van der Waals surface area (Å²) in [5.74, 6) is 0.0933. The number of nitrogens with zero attached hydrogens (tertiary/aromatic N) is 1. The maximum absolute atomic E-state index is 12.0. The molecule has 0 aliphatic rings. The fourth-order valence-electron chi connectivity index (χ4n) is 1.98. The van der Waals surface area contributed by atoms with Gasteiger partial charge in [-0.15, -0.1) is 0 Å². The third kappa shape index (κ3) is 3.68. The number of aryl methyl sites for hydroxylation is 1. The van der Waals surface area contributed by atoms with Gasteiger partial charge in [-0.05, 0) is 39.1 Å². The fourth-order valence-corrected chi connectivity index (χ4v) is 3.11. The molecular weight excluding hydrogens is 274 g/mol. The molecule has 2 N–H and O–H groups in total. The van der Waals surface area contributed by atoms with E-state index in [-0.39, 0.29) is 5.75 Å². The third-order valence-electron chi connectivity index (χ3n) is 2.96.